The van der Waals surface area contributed by atoms with E-state index in [2.05, 4.69) is 25.8 Å². The second kappa shape index (κ2) is 11.0. The Balaban J connectivity index is 1.43. The van der Waals surface area contributed by atoms with Crippen molar-refractivity contribution in [2.24, 2.45) is 0 Å². The highest BCUT2D eigenvalue weighted by Crippen LogP contribution is 2.27. The largest absolute Gasteiger partial charge is 0.495 e. The van der Waals surface area contributed by atoms with Gasteiger partial charge in [-0.15, -0.1) is 0 Å². The monoisotopic (exact) mass is 440 g/mol. The fourth-order valence-electron chi connectivity index (χ4n) is 3.42. The number of methoxy groups -OCH3 is 1. The quantitative estimate of drug-likeness (QED) is 0.606. The lowest BCUT2D eigenvalue weighted by atomic mass is 10.2. The third-order valence-corrected chi connectivity index (χ3v) is 5.00. The maximum atomic E-state index is 12.5. The van der Waals surface area contributed by atoms with E-state index >= 15 is 0 Å². The topological polar surface area (TPSA) is 116 Å². The van der Waals surface area contributed by atoms with Crippen molar-refractivity contribution in [1.29, 1.82) is 0 Å². The van der Waals surface area contributed by atoms with Gasteiger partial charge in [0.2, 0.25) is 11.8 Å². The zero-order valence-electron chi connectivity index (χ0n) is 18.3. The number of benzene rings is 1. The molecule has 1 aromatic heterocycles. The predicted molar refractivity (Wildman–Crippen MR) is 122 cm³/mol. The van der Waals surface area contributed by atoms with Crippen LogP contribution in [0.5, 0.6) is 5.75 Å². The molecule has 0 spiro atoms. The van der Waals surface area contributed by atoms with Gasteiger partial charge in [0.05, 0.1) is 12.8 Å². The third kappa shape index (κ3) is 6.34. The molecule has 1 fully saturated rings. The molecule has 10 heteroatoms. The zero-order chi connectivity index (χ0) is 22.9. The van der Waals surface area contributed by atoms with Gasteiger partial charge in [0.25, 0.3) is 0 Å². The number of anilines is 3. The minimum Gasteiger partial charge on any atom is -0.495 e. The van der Waals surface area contributed by atoms with Crippen LogP contribution in [0.2, 0.25) is 0 Å². The molecule has 2 heterocycles. The lowest BCUT2D eigenvalue weighted by Crippen LogP contribution is -2.49. The Morgan fingerprint density at radius 1 is 1.06 bits per heavy atom. The lowest BCUT2D eigenvalue weighted by molar-refractivity contribution is -0.131. The standard InChI is InChI=1S/C22H28N6O4/c1-16(29)25-17-6-7-19(32-2)18(15-17)26-22(31)24-10-8-21(30)28-13-11-27(12-14-28)20-5-3-4-9-23-20/h3-7,9,15H,8,10-14H2,1-2H3,(H,25,29)(H2,24,26,31). The zero-order valence-corrected chi connectivity index (χ0v) is 18.3. The van der Waals surface area contributed by atoms with Crippen molar-refractivity contribution in [3.8, 4) is 5.75 Å². The van der Waals surface area contributed by atoms with Crippen LogP contribution in [0.25, 0.3) is 0 Å². The van der Waals surface area contributed by atoms with E-state index in [4.69, 9.17) is 4.74 Å². The summed E-state index contributed by atoms with van der Waals surface area (Å²) in [6, 6.07) is 10.2. The Bertz CT molecular complexity index is 945. The van der Waals surface area contributed by atoms with Crippen molar-refractivity contribution in [1.82, 2.24) is 15.2 Å². The second-order valence-corrected chi connectivity index (χ2v) is 7.28. The van der Waals surface area contributed by atoms with E-state index in [9.17, 15) is 14.4 Å². The highest BCUT2D eigenvalue weighted by molar-refractivity contribution is 5.94. The molecular formula is C22H28N6O4. The molecule has 0 saturated carbocycles. The van der Waals surface area contributed by atoms with Gasteiger partial charge in [0, 0.05) is 58.0 Å². The van der Waals surface area contributed by atoms with Gasteiger partial charge in [-0.05, 0) is 30.3 Å². The highest BCUT2D eigenvalue weighted by Gasteiger charge is 2.21. The fourth-order valence-corrected chi connectivity index (χ4v) is 3.42. The number of aromatic nitrogens is 1. The average Bonchev–Trinajstić information content (AvgIpc) is 2.79. The van der Waals surface area contributed by atoms with Gasteiger partial charge >= 0.3 is 6.03 Å². The third-order valence-electron chi connectivity index (χ3n) is 5.00. The first kappa shape index (κ1) is 22.9. The van der Waals surface area contributed by atoms with Crippen LogP contribution in [0.3, 0.4) is 0 Å². The van der Waals surface area contributed by atoms with Gasteiger partial charge in [0.15, 0.2) is 0 Å². The Morgan fingerprint density at radius 2 is 1.84 bits per heavy atom. The number of amides is 4. The van der Waals surface area contributed by atoms with Crippen LogP contribution in [-0.2, 0) is 9.59 Å². The molecule has 0 radical (unpaired) electrons. The molecule has 170 valence electrons. The number of ether oxygens (including phenoxy) is 1. The van der Waals surface area contributed by atoms with E-state index in [1.165, 1.54) is 14.0 Å². The van der Waals surface area contributed by atoms with Gasteiger partial charge in [-0.1, -0.05) is 6.07 Å². The summed E-state index contributed by atoms with van der Waals surface area (Å²) >= 11 is 0. The molecule has 4 amide bonds. The molecular weight excluding hydrogens is 412 g/mol. The predicted octanol–water partition coefficient (Wildman–Crippen LogP) is 1.91. The number of nitrogens with zero attached hydrogens (tertiary/aromatic N) is 3. The number of rotatable bonds is 7. The number of carbonyl (C=O) groups is 3. The van der Waals surface area contributed by atoms with Gasteiger partial charge in [-0.2, -0.15) is 0 Å². The maximum Gasteiger partial charge on any atom is 0.319 e. The smallest absolute Gasteiger partial charge is 0.319 e. The van der Waals surface area contributed by atoms with Crippen molar-refractivity contribution in [2.75, 3.05) is 55.4 Å². The fraction of sp³-hybridized carbons (Fsp3) is 0.364. The summed E-state index contributed by atoms with van der Waals surface area (Å²) in [5.74, 6) is 1.15. The van der Waals surface area contributed by atoms with Crippen LogP contribution >= 0.6 is 0 Å². The van der Waals surface area contributed by atoms with Crippen LogP contribution in [0.4, 0.5) is 22.0 Å². The van der Waals surface area contributed by atoms with Crippen LogP contribution in [0, 0.1) is 0 Å². The minimum absolute atomic E-state index is 0.00351. The van der Waals surface area contributed by atoms with Crippen LogP contribution in [-0.4, -0.2) is 67.6 Å². The summed E-state index contributed by atoms with van der Waals surface area (Å²) in [7, 11) is 1.49. The van der Waals surface area contributed by atoms with E-state index < -0.39 is 6.03 Å². The first-order valence-electron chi connectivity index (χ1n) is 10.4. The van der Waals surface area contributed by atoms with E-state index in [1.54, 1.807) is 29.3 Å². The normalized spacial score (nSPS) is 13.3. The van der Waals surface area contributed by atoms with Crippen LogP contribution in [0.1, 0.15) is 13.3 Å². The Kier molecular flexibility index (Phi) is 7.85. The van der Waals surface area contributed by atoms with Gasteiger partial charge in [0.1, 0.15) is 11.6 Å². The lowest BCUT2D eigenvalue weighted by Gasteiger charge is -2.35. The summed E-state index contributed by atoms with van der Waals surface area (Å²) in [4.78, 5) is 44.3. The molecule has 10 nitrogen and oxygen atoms in total. The summed E-state index contributed by atoms with van der Waals surface area (Å²) in [5.41, 5.74) is 0.946. The summed E-state index contributed by atoms with van der Waals surface area (Å²) in [6.45, 7) is 4.30. The van der Waals surface area contributed by atoms with Gasteiger partial charge < -0.3 is 30.5 Å². The van der Waals surface area contributed by atoms with Crippen molar-refractivity contribution in [3.63, 3.8) is 0 Å². The molecule has 0 atom stereocenters. The molecule has 3 N–H and O–H groups in total. The van der Waals surface area contributed by atoms with E-state index in [-0.39, 0.29) is 24.8 Å². The summed E-state index contributed by atoms with van der Waals surface area (Å²) in [6.07, 6.45) is 1.97. The maximum absolute atomic E-state index is 12.5. The molecule has 1 aliphatic heterocycles. The number of hydrogen-bond donors (Lipinski definition) is 3. The number of carbonyl (C=O) groups excluding carboxylic acids is 3. The SMILES string of the molecule is COc1ccc(NC(C)=O)cc1NC(=O)NCCC(=O)N1CCN(c2ccccn2)CC1. The number of hydrogen-bond acceptors (Lipinski definition) is 6. The first-order valence-corrected chi connectivity index (χ1v) is 10.4. The average molecular weight is 441 g/mol. The van der Waals surface area contributed by atoms with Crippen molar-refractivity contribution >= 4 is 35.0 Å². The van der Waals surface area contributed by atoms with Crippen molar-refractivity contribution < 1.29 is 19.1 Å². The van der Waals surface area contributed by atoms with Crippen molar-refractivity contribution in [3.05, 3.63) is 42.6 Å². The number of urea groups is 1. The molecule has 0 aliphatic carbocycles. The van der Waals surface area contributed by atoms with E-state index in [0.717, 1.165) is 18.9 Å². The summed E-state index contributed by atoms with van der Waals surface area (Å²) < 4.78 is 5.24. The van der Waals surface area contributed by atoms with Crippen LogP contribution < -0.4 is 25.6 Å². The Morgan fingerprint density at radius 3 is 2.50 bits per heavy atom. The van der Waals surface area contributed by atoms with E-state index in [0.29, 0.717) is 30.2 Å². The first-order chi connectivity index (χ1) is 15.5. The van der Waals surface area contributed by atoms with Crippen molar-refractivity contribution in [2.45, 2.75) is 13.3 Å². The molecule has 32 heavy (non-hydrogen) atoms. The molecule has 0 unspecified atom stereocenters. The Hall–Kier alpha value is -3.82. The number of nitrogens with one attached hydrogen (secondary N) is 3. The highest BCUT2D eigenvalue weighted by atomic mass is 16.5. The van der Waals surface area contributed by atoms with Gasteiger partial charge in [-0.3, -0.25) is 9.59 Å². The molecule has 1 aromatic carbocycles. The molecule has 2 aromatic rings. The molecule has 1 aliphatic rings. The second-order valence-electron chi connectivity index (χ2n) is 7.28. The van der Waals surface area contributed by atoms with E-state index in [1.807, 2.05) is 18.2 Å². The minimum atomic E-state index is -0.462. The molecule has 1 saturated heterocycles. The Labute approximate surface area is 186 Å². The number of pyridine rings is 1. The van der Waals surface area contributed by atoms with Gasteiger partial charge in [-0.25, -0.2) is 9.78 Å². The summed E-state index contributed by atoms with van der Waals surface area (Å²) in [5, 5.41) is 8.03. The molecule has 3 rings (SSSR count). The van der Waals surface area contributed by atoms with Crippen LogP contribution in [0.15, 0.2) is 42.6 Å². The molecule has 0 bridgehead atoms. The number of piperazine rings is 1.